The van der Waals surface area contributed by atoms with Gasteiger partial charge in [-0.15, -0.1) is 0 Å². The summed E-state index contributed by atoms with van der Waals surface area (Å²) in [5.41, 5.74) is -0.597. The molecule has 0 N–H and O–H groups in total. The summed E-state index contributed by atoms with van der Waals surface area (Å²) < 4.78 is 60.5. The van der Waals surface area contributed by atoms with E-state index in [4.69, 9.17) is 9.47 Å². The van der Waals surface area contributed by atoms with Crippen LogP contribution < -0.4 is 0 Å². The molecule has 2 rings (SSSR count). The maximum Gasteiger partial charge on any atom is 0.271 e. The van der Waals surface area contributed by atoms with Gasteiger partial charge in [0, 0.05) is 23.3 Å². The van der Waals surface area contributed by atoms with Crippen LogP contribution in [0.1, 0.15) is 17.4 Å². The zero-order valence-electron chi connectivity index (χ0n) is 8.29. The molecule has 17 heavy (non-hydrogen) atoms. The summed E-state index contributed by atoms with van der Waals surface area (Å²) in [5.74, 6) is -2.00. The minimum Gasteiger partial charge on any atom is -0.455 e. The lowest BCUT2D eigenvalue weighted by atomic mass is 10.1. The molecule has 0 bridgehead atoms. The first-order chi connectivity index (χ1) is 8.08. The Morgan fingerprint density at radius 3 is 2.35 bits per heavy atom. The monoisotopic (exact) mass is 246 g/mol. The Kier molecular flexibility index (Phi) is 3.03. The highest BCUT2D eigenvalue weighted by Crippen LogP contribution is 2.31. The van der Waals surface area contributed by atoms with Crippen molar-refractivity contribution in [3.63, 3.8) is 0 Å². The van der Waals surface area contributed by atoms with E-state index >= 15 is 0 Å². The summed E-state index contributed by atoms with van der Waals surface area (Å²) in [7, 11) is 0. The second kappa shape index (κ2) is 4.48. The minimum atomic E-state index is -2.09. The van der Waals surface area contributed by atoms with Crippen LogP contribution in [0.3, 0.4) is 0 Å². The van der Waals surface area contributed by atoms with E-state index < -0.39 is 29.6 Å². The van der Waals surface area contributed by atoms with Crippen LogP contribution >= 0.6 is 0 Å². The van der Waals surface area contributed by atoms with Crippen LogP contribution in [0, 0.1) is 11.6 Å². The second-order valence-corrected chi connectivity index (χ2v) is 3.20. The standard InChI is InChI=1S/C11H6F4O2/c12-6-3-8(11-16-1-2-17-11)7(5-10(14)15)9(13)4-6/h1-5,11H. The van der Waals surface area contributed by atoms with E-state index in [0.717, 1.165) is 18.6 Å². The van der Waals surface area contributed by atoms with E-state index in [1.165, 1.54) is 0 Å². The molecule has 0 amide bonds. The smallest absolute Gasteiger partial charge is 0.271 e. The van der Waals surface area contributed by atoms with Crippen molar-refractivity contribution >= 4 is 6.08 Å². The Morgan fingerprint density at radius 2 is 1.76 bits per heavy atom. The third-order valence-electron chi connectivity index (χ3n) is 2.09. The number of rotatable bonds is 2. The van der Waals surface area contributed by atoms with Crippen LogP contribution in [0.2, 0.25) is 0 Å². The lowest BCUT2D eigenvalue weighted by Crippen LogP contribution is -2.03. The minimum absolute atomic E-state index is 0.139. The molecule has 0 radical (unpaired) electrons. The van der Waals surface area contributed by atoms with Gasteiger partial charge in [-0.2, -0.15) is 8.78 Å². The Balaban J connectivity index is 2.50. The molecule has 0 spiro atoms. The molecule has 2 nitrogen and oxygen atoms in total. The normalized spacial score (nSPS) is 14.4. The molecule has 0 fully saturated rings. The lowest BCUT2D eigenvalue weighted by molar-refractivity contribution is -0.0251. The van der Waals surface area contributed by atoms with Gasteiger partial charge < -0.3 is 9.47 Å². The van der Waals surface area contributed by atoms with Crippen molar-refractivity contribution in [2.24, 2.45) is 0 Å². The highest BCUT2D eigenvalue weighted by molar-refractivity contribution is 5.55. The molecule has 1 heterocycles. The molecule has 0 aliphatic carbocycles. The Hall–Kier alpha value is -1.98. The van der Waals surface area contributed by atoms with Gasteiger partial charge >= 0.3 is 0 Å². The maximum atomic E-state index is 13.4. The molecule has 1 aliphatic heterocycles. The summed E-state index contributed by atoms with van der Waals surface area (Å²) in [6, 6.07) is 1.40. The summed E-state index contributed by atoms with van der Waals surface area (Å²) in [4.78, 5) is 0. The van der Waals surface area contributed by atoms with E-state index in [1.54, 1.807) is 0 Å². The summed E-state index contributed by atoms with van der Waals surface area (Å²) >= 11 is 0. The molecule has 90 valence electrons. The van der Waals surface area contributed by atoms with Gasteiger partial charge in [-0.1, -0.05) is 0 Å². The third-order valence-corrected chi connectivity index (χ3v) is 2.09. The van der Waals surface area contributed by atoms with Crippen molar-refractivity contribution in [1.82, 2.24) is 0 Å². The fraction of sp³-hybridized carbons (Fsp3) is 0.0909. The second-order valence-electron chi connectivity index (χ2n) is 3.20. The van der Waals surface area contributed by atoms with Gasteiger partial charge in [0.2, 0.25) is 0 Å². The zero-order valence-corrected chi connectivity index (χ0v) is 8.29. The molecule has 1 aliphatic rings. The van der Waals surface area contributed by atoms with Crippen LogP contribution in [0.25, 0.3) is 6.08 Å². The summed E-state index contributed by atoms with van der Waals surface area (Å²) in [6.45, 7) is 0. The Labute approximate surface area is 93.8 Å². The molecule has 0 unspecified atom stereocenters. The van der Waals surface area contributed by atoms with Crippen LogP contribution in [-0.2, 0) is 9.47 Å². The van der Waals surface area contributed by atoms with Gasteiger partial charge in [-0.25, -0.2) is 8.78 Å². The average Bonchev–Trinajstić information content (AvgIpc) is 2.74. The van der Waals surface area contributed by atoms with Crippen molar-refractivity contribution in [2.75, 3.05) is 0 Å². The number of hydrogen-bond donors (Lipinski definition) is 0. The first kappa shape index (κ1) is 11.5. The van der Waals surface area contributed by atoms with Crippen molar-refractivity contribution < 1.29 is 27.0 Å². The van der Waals surface area contributed by atoms with E-state index in [1.807, 2.05) is 0 Å². The first-order valence-electron chi connectivity index (χ1n) is 4.55. The molecule has 6 heteroatoms. The van der Waals surface area contributed by atoms with Crippen molar-refractivity contribution in [2.45, 2.75) is 6.29 Å². The van der Waals surface area contributed by atoms with Gasteiger partial charge in [-0.3, -0.25) is 0 Å². The van der Waals surface area contributed by atoms with Crippen LogP contribution in [0.5, 0.6) is 0 Å². The number of hydrogen-bond acceptors (Lipinski definition) is 2. The summed E-state index contributed by atoms with van der Waals surface area (Å²) in [6.07, 6.45) is -0.595. The molecular weight excluding hydrogens is 240 g/mol. The number of benzene rings is 1. The molecule has 0 aromatic heterocycles. The fourth-order valence-electron chi connectivity index (χ4n) is 1.45. The van der Waals surface area contributed by atoms with Crippen molar-refractivity contribution in [3.05, 3.63) is 53.5 Å². The third kappa shape index (κ3) is 2.41. The van der Waals surface area contributed by atoms with Crippen molar-refractivity contribution in [3.8, 4) is 0 Å². The van der Waals surface area contributed by atoms with Crippen LogP contribution in [-0.4, -0.2) is 0 Å². The van der Waals surface area contributed by atoms with E-state index in [-0.39, 0.29) is 5.56 Å². The Bertz CT molecular complexity index is 484. The van der Waals surface area contributed by atoms with Gasteiger partial charge in [0.15, 0.2) is 0 Å². The SMILES string of the molecule is FC(F)=Cc1c(F)cc(F)cc1C1OC=CO1. The Morgan fingerprint density at radius 1 is 1.12 bits per heavy atom. The zero-order chi connectivity index (χ0) is 12.4. The van der Waals surface area contributed by atoms with E-state index in [0.29, 0.717) is 12.1 Å². The lowest BCUT2D eigenvalue weighted by Gasteiger charge is -2.13. The molecule has 1 aromatic carbocycles. The van der Waals surface area contributed by atoms with E-state index in [9.17, 15) is 17.6 Å². The molecule has 1 aromatic rings. The quantitative estimate of drug-likeness (QED) is 0.740. The largest absolute Gasteiger partial charge is 0.455 e. The molecule has 0 atom stereocenters. The first-order valence-corrected chi connectivity index (χ1v) is 4.55. The summed E-state index contributed by atoms with van der Waals surface area (Å²) in [5, 5.41) is 0. The fourth-order valence-corrected chi connectivity index (χ4v) is 1.45. The van der Waals surface area contributed by atoms with Gasteiger partial charge in [0.05, 0.1) is 0 Å². The maximum absolute atomic E-state index is 13.4. The predicted molar refractivity (Wildman–Crippen MR) is 50.6 cm³/mol. The van der Waals surface area contributed by atoms with E-state index in [2.05, 4.69) is 0 Å². The van der Waals surface area contributed by atoms with Crippen LogP contribution in [0.4, 0.5) is 17.6 Å². The van der Waals surface area contributed by atoms with Crippen molar-refractivity contribution in [1.29, 1.82) is 0 Å². The van der Waals surface area contributed by atoms with Crippen LogP contribution in [0.15, 0.2) is 30.7 Å². The topological polar surface area (TPSA) is 18.5 Å². The highest BCUT2D eigenvalue weighted by atomic mass is 19.3. The van der Waals surface area contributed by atoms with Gasteiger partial charge in [-0.05, 0) is 6.07 Å². The highest BCUT2D eigenvalue weighted by Gasteiger charge is 2.22. The predicted octanol–water partition coefficient (Wildman–Crippen LogP) is 3.72. The molecule has 0 saturated carbocycles. The molecule has 0 saturated heterocycles. The number of ether oxygens (including phenoxy) is 2. The molecular formula is C11H6F4O2. The number of halogens is 4. The van der Waals surface area contributed by atoms with Gasteiger partial charge in [0.25, 0.3) is 12.4 Å². The average molecular weight is 246 g/mol. The van der Waals surface area contributed by atoms with Gasteiger partial charge in [0.1, 0.15) is 24.2 Å².